The van der Waals surface area contributed by atoms with Gasteiger partial charge in [-0.3, -0.25) is 0 Å². The first kappa shape index (κ1) is 13.4. The highest BCUT2D eigenvalue weighted by Crippen LogP contribution is 2.22. The van der Waals surface area contributed by atoms with Crippen molar-refractivity contribution in [2.24, 2.45) is 12.8 Å². The van der Waals surface area contributed by atoms with Crippen molar-refractivity contribution in [1.29, 1.82) is 0 Å². The largest absolute Gasteiger partial charge is 0.478 e. The number of ether oxygens (including phenoxy) is 1. The molecule has 0 amide bonds. The summed E-state index contributed by atoms with van der Waals surface area (Å²) < 4.78 is 7.67. The molecule has 2 N–H and O–H groups in total. The molecule has 1 saturated heterocycles. The molecule has 0 bridgehead atoms. The van der Waals surface area contributed by atoms with Gasteiger partial charge in [-0.05, 0) is 39.8 Å². The van der Waals surface area contributed by atoms with Crippen molar-refractivity contribution < 1.29 is 4.74 Å². The van der Waals surface area contributed by atoms with Crippen LogP contribution in [-0.2, 0) is 13.6 Å². The quantitative estimate of drug-likeness (QED) is 0.851. The van der Waals surface area contributed by atoms with Gasteiger partial charge >= 0.3 is 0 Å². The Bertz CT molecular complexity index is 402. The van der Waals surface area contributed by atoms with Crippen LogP contribution in [0, 0.1) is 6.92 Å². The van der Waals surface area contributed by atoms with Crippen LogP contribution >= 0.6 is 0 Å². The molecule has 1 fully saturated rings. The summed E-state index contributed by atoms with van der Waals surface area (Å²) in [4.78, 5) is 2.42. The lowest BCUT2D eigenvalue weighted by molar-refractivity contribution is 0.221. The lowest BCUT2D eigenvalue weighted by Gasteiger charge is -2.19. The third-order valence-electron chi connectivity index (χ3n) is 3.85. The molecule has 1 aliphatic heterocycles. The van der Waals surface area contributed by atoms with Gasteiger partial charge in [-0.1, -0.05) is 0 Å². The Morgan fingerprint density at radius 2 is 2.22 bits per heavy atom. The average Bonchev–Trinajstić information content (AvgIpc) is 2.84. The molecule has 1 unspecified atom stereocenters. The van der Waals surface area contributed by atoms with Crippen LogP contribution in [0.25, 0.3) is 0 Å². The van der Waals surface area contributed by atoms with E-state index in [0.717, 1.165) is 30.2 Å². The molecule has 2 rings (SSSR count). The molecule has 1 aromatic rings. The number of hydrogen-bond donors (Lipinski definition) is 1. The minimum absolute atomic E-state index is 0.484. The zero-order valence-corrected chi connectivity index (χ0v) is 11.6. The van der Waals surface area contributed by atoms with Crippen molar-refractivity contribution >= 4 is 0 Å². The van der Waals surface area contributed by atoms with Crippen LogP contribution < -0.4 is 10.5 Å². The van der Waals surface area contributed by atoms with Crippen LogP contribution in [0.5, 0.6) is 5.88 Å². The molecular weight excluding hydrogens is 228 g/mol. The molecule has 0 aliphatic carbocycles. The predicted molar refractivity (Wildman–Crippen MR) is 71.6 cm³/mol. The molecule has 1 atom stereocenters. The predicted octanol–water partition coefficient (Wildman–Crippen LogP) is 1.05. The third kappa shape index (κ3) is 2.67. The summed E-state index contributed by atoms with van der Waals surface area (Å²) in [6.45, 7) is 4.41. The maximum Gasteiger partial charge on any atom is 0.216 e. The van der Waals surface area contributed by atoms with Gasteiger partial charge in [-0.2, -0.15) is 5.10 Å². The fraction of sp³-hybridized carbons (Fsp3) is 0.769. The first-order valence-corrected chi connectivity index (χ1v) is 6.69. The van der Waals surface area contributed by atoms with Crippen molar-refractivity contribution in [2.45, 2.75) is 38.8 Å². The van der Waals surface area contributed by atoms with E-state index in [1.54, 1.807) is 4.68 Å². The Morgan fingerprint density at radius 3 is 2.83 bits per heavy atom. The van der Waals surface area contributed by atoms with Gasteiger partial charge in [-0.15, -0.1) is 0 Å². The molecule has 102 valence electrons. The van der Waals surface area contributed by atoms with Crippen molar-refractivity contribution in [3.05, 3.63) is 11.3 Å². The maximum atomic E-state index is 5.88. The maximum absolute atomic E-state index is 5.88. The Balaban J connectivity index is 1.90. The third-order valence-corrected chi connectivity index (χ3v) is 3.85. The Hall–Kier alpha value is -1.07. The number of hydrogen-bond acceptors (Lipinski definition) is 4. The van der Waals surface area contributed by atoms with Crippen molar-refractivity contribution in [2.75, 3.05) is 20.2 Å². The minimum Gasteiger partial charge on any atom is -0.478 e. The fourth-order valence-corrected chi connectivity index (χ4v) is 2.73. The number of nitrogens with zero attached hydrogens (tertiary/aromatic N) is 3. The smallest absolute Gasteiger partial charge is 0.216 e. The van der Waals surface area contributed by atoms with Crippen molar-refractivity contribution in [3.63, 3.8) is 0 Å². The van der Waals surface area contributed by atoms with Crippen LogP contribution in [0.15, 0.2) is 0 Å². The van der Waals surface area contributed by atoms with Gasteiger partial charge < -0.3 is 15.4 Å². The number of rotatable bonds is 5. The van der Waals surface area contributed by atoms with Crippen LogP contribution in [0.4, 0.5) is 0 Å². The number of aryl methyl sites for hydroxylation is 2. The van der Waals surface area contributed by atoms with Gasteiger partial charge in [0.15, 0.2) is 0 Å². The Labute approximate surface area is 109 Å². The van der Waals surface area contributed by atoms with Gasteiger partial charge in [0, 0.05) is 19.6 Å². The highest BCUT2D eigenvalue weighted by atomic mass is 16.5. The average molecular weight is 252 g/mol. The summed E-state index contributed by atoms with van der Waals surface area (Å²) in [6.07, 6.45) is 3.67. The molecular formula is C13H24N4O. The molecule has 0 saturated carbocycles. The van der Waals surface area contributed by atoms with Crippen LogP contribution in [0.3, 0.4) is 0 Å². The molecule has 5 nitrogen and oxygen atoms in total. The monoisotopic (exact) mass is 252 g/mol. The minimum atomic E-state index is 0.484. The number of likely N-dealkylation sites (tertiary alicyclic amines) is 1. The molecule has 0 aromatic carbocycles. The number of aromatic nitrogens is 2. The van der Waals surface area contributed by atoms with E-state index in [0.29, 0.717) is 12.6 Å². The lowest BCUT2D eigenvalue weighted by atomic mass is 10.1. The van der Waals surface area contributed by atoms with E-state index in [-0.39, 0.29) is 0 Å². The Kier molecular flexibility index (Phi) is 4.24. The molecule has 2 heterocycles. The zero-order valence-electron chi connectivity index (χ0n) is 11.6. The van der Waals surface area contributed by atoms with E-state index in [4.69, 9.17) is 10.5 Å². The van der Waals surface area contributed by atoms with E-state index < -0.39 is 0 Å². The van der Waals surface area contributed by atoms with E-state index in [1.807, 2.05) is 14.0 Å². The summed E-state index contributed by atoms with van der Waals surface area (Å²) in [7, 11) is 4.10. The number of nitrogens with two attached hydrogens (primary N) is 1. The summed E-state index contributed by atoms with van der Waals surface area (Å²) in [5, 5.41) is 4.35. The van der Waals surface area contributed by atoms with Crippen LogP contribution in [-0.4, -0.2) is 40.9 Å². The molecule has 1 aliphatic rings. The van der Waals surface area contributed by atoms with E-state index in [2.05, 4.69) is 17.0 Å². The van der Waals surface area contributed by atoms with E-state index in [1.165, 1.54) is 19.4 Å². The second-order valence-corrected chi connectivity index (χ2v) is 5.11. The van der Waals surface area contributed by atoms with Crippen LogP contribution in [0.2, 0.25) is 0 Å². The van der Waals surface area contributed by atoms with Gasteiger partial charge in [0.05, 0.1) is 17.9 Å². The van der Waals surface area contributed by atoms with E-state index in [9.17, 15) is 0 Å². The first-order chi connectivity index (χ1) is 8.63. The second-order valence-electron chi connectivity index (χ2n) is 5.11. The van der Waals surface area contributed by atoms with Gasteiger partial charge in [0.2, 0.25) is 5.88 Å². The van der Waals surface area contributed by atoms with Gasteiger partial charge in [-0.25, -0.2) is 4.68 Å². The van der Waals surface area contributed by atoms with E-state index >= 15 is 0 Å². The zero-order chi connectivity index (χ0) is 13.1. The lowest BCUT2D eigenvalue weighted by Crippen LogP contribution is -2.26. The van der Waals surface area contributed by atoms with Gasteiger partial charge in [0.25, 0.3) is 0 Å². The van der Waals surface area contributed by atoms with Crippen LogP contribution in [0.1, 0.15) is 30.5 Å². The highest BCUT2D eigenvalue weighted by molar-refractivity contribution is 5.30. The normalized spacial score (nSPS) is 20.6. The second kappa shape index (κ2) is 5.71. The molecule has 0 radical (unpaired) electrons. The molecule has 18 heavy (non-hydrogen) atoms. The SMILES string of the molecule is Cc1nn(C)c(OCCC2CCCN2C)c1CN. The summed E-state index contributed by atoms with van der Waals surface area (Å²) in [5.74, 6) is 0.829. The molecule has 5 heteroatoms. The van der Waals surface area contributed by atoms with Gasteiger partial charge in [0.1, 0.15) is 0 Å². The first-order valence-electron chi connectivity index (χ1n) is 6.69. The highest BCUT2D eigenvalue weighted by Gasteiger charge is 2.21. The fourth-order valence-electron chi connectivity index (χ4n) is 2.73. The van der Waals surface area contributed by atoms with Crippen molar-refractivity contribution in [3.8, 4) is 5.88 Å². The van der Waals surface area contributed by atoms with Crippen molar-refractivity contribution in [1.82, 2.24) is 14.7 Å². The standard InChI is InChI=1S/C13H24N4O/c1-10-12(9-14)13(17(3)15-10)18-8-6-11-5-4-7-16(11)2/h11H,4-9,14H2,1-3H3. The topological polar surface area (TPSA) is 56.3 Å². The summed E-state index contributed by atoms with van der Waals surface area (Å²) >= 11 is 0. The molecule has 1 aromatic heterocycles. The molecule has 0 spiro atoms. The summed E-state index contributed by atoms with van der Waals surface area (Å²) in [6, 6.07) is 0.667. The Morgan fingerprint density at radius 1 is 1.44 bits per heavy atom. The summed E-state index contributed by atoms with van der Waals surface area (Å²) in [5.41, 5.74) is 7.73.